The third kappa shape index (κ3) is 2.80. The standard InChI is InChI=1S/C14H13F2NO2S/c1-9-7-11(15)8-10(2)14(9)20(18,19)17-13-6-4-3-5-12(13)16/h3-8,17H,1-2H3. The Morgan fingerprint density at radius 2 is 1.55 bits per heavy atom. The summed E-state index contributed by atoms with van der Waals surface area (Å²) >= 11 is 0. The second-order valence-electron chi connectivity index (χ2n) is 4.45. The Kier molecular flexibility index (Phi) is 3.76. The van der Waals surface area contributed by atoms with E-state index in [0.717, 1.165) is 18.2 Å². The van der Waals surface area contributed by atoms with E-state index in [2.05, 4.69) is 4.72 Å². The molecule has 2 rings (SSSR count). The number of anilines is 1. The zero-order valence-corrected chi connectivity index (χ0v) is 11.8. The number of sulfonamides is 1. The average Bonchev–Trinajstić information content (AvgIpc) is 2.30. The van der Waals surface area contributed by atoms with Crippen LogP contribution in [-0.4, -0.2) is 8.42 Å². The lowest BCUT2D eigenvalue weighted by Gasteiger charge is -2.13. The minimum absolute atomic E-state index is 0.0397. The predicted molar refractivity (Wildman–Crippen MR) is 73.1 cm³/mol. The number of para-hydroxylation sites is 1. The van der Waals surface area contributed by atoms with Crippen LogP contribution >= 0.6 is 0 Å². The lowest BCUT2D eigenvalue weighted by molar-refractivity contribution is 0.595. The van der Waals surface area contributed by atoms with Gasteiger partial charge in [-0.3, -0.25) is 4.72 Å². The van der Waals surface area contributed by atoms with E-state index in [4.69, 9.17) is 0 Å². The Morgan fingerprint density at radius 3 is 2.10 bits per heavy atom. The van der Waals surface area contributed by atoms with Gasteiger partial charge in [-0.2, -0.15) is 0 Å². The fourth-order valence-electron chi connectivity index (χ4n) is 2.06. The van der Waals surface area contributed by atoms with Crippen LogP contribution in [0.5, 0.6) is 0 Å². The molecule has 0 unspecified atom stereocenters. The van der Waals surface area contributed by atoms with Crippen LogP contribution < -0.4 is 4.72 Å². The highest BCUT2D eigenvalue weighted by atomic mass is 32.2. The van der Waals surface area contributed by atoms with Crippen molar-refractivity contribution >= 4 is 15.7 Å². The molecule has 0 aliphatic carbocycles. The Hall–Kier alpha value is -1.95. The van der Waals surface area contributed by atoms with Gasteiger partial charge in [0, 0.05) is 0 Å². The number of nitrogens with one attached hydrogen (secondary N) is 1. The van der Waals surface area contributed by atoms with Crippen LogP contribution in [0.15, 0.2) is 41.3 Å². The number of rotatable bonds is 3. The number of benzene rings is 2. The van der Waals surface area contributed by atoms with E-state index in [1.165, 1.54) is 32.0 Å². The highest BCUT2D eigenvalue weighted by Gasteiger charge is 2.21. The molecule has 0 heterocycles. The van der Waals surface area contributed by atoms with Crippen LogP contribution in [0.4, 0.5) is 14.5 Å². The lowest BCUT2D eigenvalue weighted by Crippen LogP contribution is -2.16. The van der Waals surface area contributed by atoms with Gasteiger partial charge in [0.25, 0.3) is 10.0 Å². The zero-order valence-electron chi connectivity index (χ0n) is 10.9. The van der Waals surface area contributed by atoms with Crippen molar-refractivity contribution in [3.8, 4) is 0 Å². The molecule has 0 aromatic heterocycles. The van der Waals surface area contributed by atoms with Gasteiger partial charge in [-0.25, -0.2) is 17.2 Å². The van der Waals surface area contributed by atoms with Crippen molar-refractivity contribution < 1.29 is 17.2 Å². The number of hydrogen-bond donors (Lipinski definition) is 1. The molecule has 0 saturated heterocycles. The second-order valence-corrected chi connectivity index (χ2v) is 6.07. The molecule has 0 bridgehead atoms. The molecule has 1 N–H and O–H groups in total. The molecule has 0 fully saturated rings. The number of halogens is 2. The van der Waals surface area contributed by atoms with Crippen molar-refractivity contribution in [1.29, 1.82) is 0 Å². The molecule has 0 aliphatic heterocycles. The van der Waals surface area contributed by atoms with Crippen LogP contribution in [-0.2, 0) is 10.0 Å². The average molecular weight is 297 g/mol. The maximum atomic E-state index is 13.5. The summed E-state index contributed by atoms with van der Waals surface area (Å²) in [4.78, 5) is -0.0397. The van der Waals surface area contributed by atoms with Gasteiger partial charge in [0.2, 0.25) is 0 Å². The quantitative estimate of drug-likeness (QED) is 0.944. The summed E-state index contributed by atoms with van der Waals surface area (Å²) in [5, 5.41) is 0. The molecule has 2 aromatic rings. The molecule has 0 saturated carbocycles. The molecule has 0 radical (unpaired) electrons. The van der Waals surface area contributed by atoms with Gasteiger partial charge in [0.1, 0.15) is 11.6 Å². The number of aryl methyl sites for hydroxylation is 2. The molecule has 3 nitrogen and oxygen atoms in total. The van der Waals surface area contributed by atoms with E-state index in [1.807, 2.05) is 0 Å². The Bertz CT molecular complexity index is 735. The topological polar surface area (TPSA) is 46.2 Å². The first-order chi connectivity index (χ1) is 9.31. The molecule has 20 heavy (non-hydrogen) atoms. The highest BCUT2D eigenvalue weighted by molar-refractivity contribution is 7.92. The van der Waals surface area contributed by atoms with E-state index in [-0.39, 0.29) is 21.7 Å². The van der Waals surface area contributed by atoms with E-state index < -0.39 is 21.7 Å². The van der Waals surface area contributed by atoms with Gasteiger partial charge in [0.15, 0.2) is 0 Å². The molecule has 106 valence electrons. The van der Waals surface area contributed by atoms with Crippen LogP contribution in [0, 0.1) is 25.5 Å². The van der Waals surface area contributed by atoms with Gasteiger partial charge in [-0.05, 0) is 49.2 Å². The summed E-state index contributed by atoms with van der Waals surface area (Å²) in [6, 6.07) is 7.71. The Balaban J connectivity index is 2.50. The largest absolute Gasteiger partial charge is 0.277 e. The van der Waals surface area contributed by atoms with Crippen LogP contribution in [0.3, 0.4) is 0 Å². The smallest absolute Gasteiger partial charge is 0.262 e. The summed E-state index contributed by atoms with van der Waals surface area (Å²) < 4.78 is 53.5. The summed E-state index contributed by atoms with van der Waals surface area (Å²) in [5.41, 5.74) is 0.397. The fourth-order valence-corrected chi connectivity index (χ4v) is 3.58. The number of hydrogen-bond acceptors (Lipinski definition) is 2. The van der Waals surface area contributed by atoms with E-state index in [9.17, 15) is 17.2 Å². The monoisotopic (exact) mass is 297 g/mol. The lowest BCUT2D eigenvalue weighted by atomic mass is 10.1. The van der Waals surface area contributed by atoms with Crippen molar-refractivity contribution in [1.82, 2.24) is 0 Å². The van der Waals surface area contributed by atoms with E-state index in [1.54, 1.807) is 0 Å². The van der Waals surface area contributed by atoms with E-state index in [0.29, 0.717) is 0 Å². The van der Waals surface area contributed by atoms with Crippen molar-refractivity contribution in [2.45, 2.75) is 18.7 Å². The first-order valence-electron chi connectivity index (χ1n) is 5.85. The third-order valence-electron chi connectivity index (χ3n) is 2.81. The van der Waals surface area contributed by atoms with Crippen molar-refractivity contribution in [2.75, 3.05) is 4.72 Å². The Labute approximate surface area is 116 Å². The predicted octanol–water partition coefficient (Wildman–Crippen LogP) is 3.38. The van der Waals surface area contributed by atoms with Crippen molar-refractivity contribution in [3.05, 3.63) is 59.2 Å². The van der Waals surface area contributed by atoms with Gasteiger partial charge < -0.3 is 0 Å². The molecule has 0 amide bonds. The second kappa shape index (κ2) is 5.20. The molecule has 0 aliphatic rings. The SMILES string of the molecule is Cc1cc(F)cc(C)c1S(=O)(=O)Nc1ccccc1F. The molecular formula is C14H13F2NO2S. The molecule has 6 heteroatoms. The minimum Gasteiger partial charge on any atom is -0.277 e. The van der Waals surface area contributed by atoms with Crippen LogP contribution in [0.1, 0.15) is 11.1 Å². The maximum Gasteiger partial charge on any atom is 0.262 e. The van der Waals surface area contributed by atoms with Crippen LogP contribution in [0.2, 0.25) is 0 Å². The summed E-state index contributed by atoms with van der Waals surface area (Å²) in [5.74, 6) is -1.18. The van der Waals surface area contributed by atoms with Gasteiger partial charge in [0.05, 0.1) is 10.6 Å². The van der Waals surface area contributed by atoms with E-state index >= 15 is 0 Å². The van der Waals surface area contributed by atoms with Gasteiger partial charge in [-0.15, -0.1) is 0 Å². The normalized spacial score (nSPS) is 11.4. The van der Waals surface area contributed by atoms with Gasteiger partial charge in [-0.1, -0.05) is 12.1 Å². The minimum atomic E-state index is -3.97. The first-order valence-corrected chi connectivity index (χ1v) is 7.33. The van der Waals surface area contributed by atoms with Crippen LogP contribution in [0.25, 0.3) is 0 Å². The molecule has 2 aromatic carbocycles. The molecular weight excluding hydrogens is 284 g/mol. The third-order valence-corrected chi connectivity index (χ3v) is 4.48. The Morgan fingerprint density at radius 1 is 1.00 bits per heavy atom. The van der Waals surface area contributed by atoms with Crippen molar-refractivity contribution in [3.63, 3.8) is 0 Å². The van der Waals surface area contributed by atoms with Crippen molar-refractivity contribution in [2.24, 2.45) is 0 Å². The first kappa shape index (κ1) is 14.5. The summed E-state index contributed by atoms with van der Waals surface area (Å²) in [6.45, 7) is 2.98. The van der Waals surface area contributed by atoms with Gasteiger partial charge >= 0.3 is 0 Å². The molecule has 0 atom stereocenters. The maximum absolute atomic E-state index is 13.5. The summed E-state index contributed by atoms with van der Waals surface area (Å²) in [7, 11) is -3.97. The fraction of sp³-hybridized carbons (Fsp3) is 0.143. The molecule has 0 spiro atoms. The highest BCUT2D eigenvalue weighted by Crippen LogP contribution is 2.25. The zero-order chi connectivity index (χ0) is 14.9. The summed E-state index contributed by atoms with van der Waals surface area (Å²) in [6.07, 6.45) is 0.